The van der Waals surface area contributed by atoms with Gasteiger partial charge in [-0.1, -0.05) is 19.1 Å². The predicted octanol–water partition coefficient (Wildman–Crippen LogP) is 4.21. The van der Waals surface area contributed by atoms with Crippen LogP contribution in [0.1, 0.15) is 39.7 Å². The molecular weight excluding hydrogens is 388 g/mol. The van der Waals surface area contributed by atoms with Gasteiger partial charge in [-0.15, -0.1) is 11.3 Å². The van der Waals surface area contributed by atoms with Gasteiger partial charge in [0.15, 0.2) is 0 Å². The topological polar surface area (TPSA) is 88.4 Å². The Balaban J connectivity index is 1.89. The number of nitrogens with one attached hydrogen (secondary N) is 1. The zero-order valence-corrected chi connectivity index (χ0v) is 17.4. The molecule has 29 heavy (non-hydrogen) atoms. The van der Waals surface area contributed by atoms with Crippen molar-refractivity contribution >= 4 is 34.3 Å². The van der Waals surface area contributed by atoms with Crippen molar-refractivity contribution in [2.75, 3.05) is 19.5 Å². The average molecular weight is 410 g/mol. The number of hydrogen-bond donors (Lipinski definition) is 1. The van der Waals surface area contributed by atoms with E-state index < -0.39 is 11.9 Å². The highest BCUT2D eigenvalue weighted by Crippen LogP contribution is 2.40. The average Bonchev–Trinajstić information content (AvgIpc) is 3.08. The summed E-state index contributed by atoms with van der Waals surface area (Å²) in [6.45, 7) is 2.17. The molecule has 0 aliphatic heterocycles. The lowest BCUT2D eigenvalue weighted by atomic mass is 9.88. The number of carbonyl (C=O) groups is 2. The number of amides is 1. The molecule has 0 spiro atoms. The molecule has 3 rings (SSSR count). The number of esters is 1. The van der Waals surface area contributed by atoms with Crippen molar-refractivity contribution in [2.45, 2.75) is 26.2 Å². The van der Waals surface area contributed by atoms with Gasteiger partial charge in [0.05, 0.1) is 19.8 Å². The molecule has 1 heterocycles. The van der Waals surface area contributed by atoms with Gasteiger partial charge in [-0.05, 0) is 54.5 Å². The van der Waals surface area contributed by atoms with Gasteiger partial charge in [0.25, 0.3) is 5.91 Å². The summed E-state index contributed by atoms with van der Waals surface area (Å²) in [6.07, 6.45) is 4.14. The Hall–Kier alpha value is -3.11. The largest absolute Gasteiger partial charge is 0.497 e. The van der Waals surface area contributed by atoms with Crippen molar-refractivity contribution in [3.8, 4) is 11.8 Å². The molecule has 0 saturated carbocycles. The summed E-state index contributed by atoms with van der Waals surface area (Å²) in [5.41, 5.74) is 2.01. The Bertz CT molecular complexity index is 999. The third-order valence-corrected chi connectivity index (χ3v) is 6.09. The smallest absolute Gasteiger partial charge is 0.341 e. The van der Waals surface area contributed by atoms with E-state index in [4.69, 9.17) is 9.47 Å². The van der Waals surface area contributed by atoms with Gasteiger partial charge in [-0.3, -0.25) is 4.79 Å². The van der Waals surface area contributed by atoms with Crippen LogP contribution >= 0.6 is 11.3 Å². The second-order valence-corrected chi connectivity index (χ2v) is 8.05. The molecule has 1 aliphatic carbocycles. The van der Waals surface area contributed by atoms with E-state index >= 15 is 0 Å². The molecule has 1 N–H and O–H groups in total. The fourth-order valence-electron chi connectivity index (χ4n) is 3.34. The molecule has 1 amide bonds. The summed E-state index contributed by atoms with van der Waals surface area (Å²) in [5.74, 6) is 0.191. The molecular formula is C22H22N2O4S. The molecule has 0 bridgehead atoms. The molecule has 0 radical (unpaired) electrons. The molecule has 1 atom stereocenters. The number of ether oxygens (including phenoxy) is 2. The first-order valence-electron chi connectivity index (χ1n) is 9.26. The van der Waals surface area contributed by atoms with Crippen LogP contribution in [0, 0.1) is 17.2 Å². The lowest BCUT2D eigenvalue weighted by Crippen LogP contribution is -2.16. The Morgan fingerprint density at radius 2 is 2.00 bits per heavy atom. The second-order valence-electron chi connectivity index (χ2n) is 6.94. The van der Waals surface area contributed by atoms with Crippen molar-refractivity contribution in [1.82, 2.24) is 0 Å². The zero-order valence-electron chi connectivity index (χ0n) is 16.6. The quantitative estimate of drug-likeness (QED) is 0.453. The number of carbonyl (C=O) groups excluding carboxylic acids is 2. The zero-order chi connectivity index (χ0) is 21.0. The SMILES string of the molecule is COC(=O)c1c(NC(=O)/C(C#N)=C/c2ccc(OC)cc2)sc2c1CC[C@@H](C)C2. The fraction of sp³-hybridized carbons (Fsp3) is 0.318. The van der Waals surface area contributed by atoms with Crippen LogP contribution in [0.4, 0.5) is 5.00 Å². The van der Waals surface area contributed by atoms with Gasteiger partial charge in [0.1, 0.15) is 22.4 Å². The Morgan fingerprint density at radius 3 is 2.62 bits per heavy atom. The van der Waals surface area contributed by atoms with Crippen LogP contribution in [0.2, 0.25) is 0 Å². The first-order valence-corrected chi connectivity index (χ1v) is 10.1. The predicted molar refractivity (Wildman–Crippen MR) is 112 cm³/mol. The molecule has 150 valence electrons. The number of nitriles is 1. The highest BCUT2D eigenvalue weighted by atomic mass is 32.1. The van der Waals surface area contributed by atoms with Gasteiger partial charge in [0.2, 0.25) is 0 Å². The van der Waals surface area contributed by atoms with Crippen LogP contribution < -0.4 is 10.1 Å². The number of rotatable bonds is 5. The molecule has 1 aromatic carbocycles. The van der Waals surface area contributed by atoms with Crippen molar-refractivity contribution in [1.29, 1.82) is 5.26 Å². The number of hydrogen-bond acceptors (Lipinski definition) is 6. The molecule has 1 aliphatic rings. The minimum atomic E-state index is -0.555. The van der Waals surface area contributed by atoms with Crippen molar-refractivity contribution in [3.63, 3.8) is 0 Å². The van der Waals surface area contributed by atoms with Crippen LogP contribution in [-0.4, -0.2) is 26.1 Å². The maximum atomic E-state index is 12.7. The van der Waals surface area contributed by atoms with Gasteiger partial charge < -0.3 is 14.8 Å². The van der Waals surface area contributed by atoms with Crippen molar-refractivity contribution in [2.24, 2.45) is 5.92 Å². The third-order valence-electron chi connectivity index (χ3n) is 4.92. The van der Waals surface area contributed by atoms with E-state index in [1.807, 2.05) is 6.07 Å². The summed E-state index contributed by atoms with van der Waals surface area (Å²) in [4.78, 5) is 26.2. The van der Waals surface area contributed by atoms with Crippen molar-refractivity contribution < 1.29 is 19.1 Å². The monoisotopic (exact) mass is 410 g/mol. The van der Waals surface area contributed by atoms with E-state index in [1.54, 1.807) is 31.4 Å². The highest BCUT2D eigenvalue weighted by molar-refractivity contribution is 7.17. The summed E-state index contributed by atoms with van der Waals surface area (Å²) in [5, 5.41) is 12.7. The molecule has 2 aromatic rings. The third kappa shape index (κ3) is 4.49. The Morgan fingerprint density at radius 1 is 1.28 bits per heavy atom. The molecule has 7 heteroatoms. The highest BCUT2D eigenvalue weighted by Gasteiger charge is 2.29. The van der Waals surface area contributed by atoms with E-state index in [1.165, 1.54) is 24.5 Å². The fourth-order valence-corrected chi connectivity index (χ4v) is 4.74. The number of nitrogens with zero attached hydrogens (tertiary/aromatic N) is 1. The van der Waals surface area contributed by atoms with Crippen LogP contribution in [0.15, 0.2) is 29.8 Å². The van der Waals surface area contributed by atoms with Gasteiger partial charge >= 0.3 is 5.97 Å². The summed E-state index contributed by atoms with van der Waals surface area (Å²) >= 11 is 1.39. The number of thiophene rings is 1. The van der Waals surface area contributed by atoms with Crippen LogP contribution in [0.25, 0.3) is 6.08 Å². The summed E-state index contributed by atoms with van der Waals surface area (Å²) in [6, 6.07) is 8.96. The molecule has 0 fully saturated rings. The summed E-state index contributed by atoms with van der Waals surface area (Å²) < 4.78 is 10.1. The number of anilines is 1. The van der Waals surface area contributed by atoms with Gasteiger partial charge in [0, 0.05) is 4.88 Å². The minimum Gasteiger partial charge on any atom is -0.497 e. The first kappa shape index (κ1) is 20.6. The maximum Gasteiger partial charge on any atom is 0.341 e. The first-order chi connectivity index (χ1) is 14.0. The second kappa shape index (κ2) is 8.93. The van der Waals surface area contributed by atoms with E-state index in [0.29, 0.717) is 27.8 Å². The van der Waals surface area contributed by atoms with Gasteiger partial charge in [-0.2, -0.15) is 5.26 Å². The normalized spacial score (nSPS) is 15.8. The lowest BCUT2D eigenvalue weighted by molar-refractivity contribution is -0.112. The van der Waals surface area contributed by atoms with E-state index in [-0.39, 0.29) is 5.57 Å². The number of benzene rings is 1. The maximum absolute atomic E-state index is 12.7. The van der Waals surface area contributed by atoms with Crippen LogP contribution in [-0.2, 0) is 22.4 Å². The number of fused-ring (bicyclic) bond motifs is 1. The van der Waals surface area contributed by atoms with Gasteiger partial charge in [-0.25, -0.2) is 4.79 Å². The Kier molecular flexibility index (Phi) is 6.35. The minimum absolute atomic E-state index is 0.0503. The lowest BCUT2D eigenvalue weighted by Gasteiger charge is -2.18. The van der Waals surface area contributed by atoms with Crippen LogP contribution in [0.5, 0.6) is 5.75 Å². The van der Waals surface area contributed by atoms with E-state index in [9.17, 15) is 14.9 Å². The molecule has 6 nitrogen and oxygen atoms in total. The number of methoxy groups -OCH3 is 2. The van der Waals surface area contributed by atoms with E-state index in [2.05, 4.69) is 12.2 Å². The molecule has 1 aromatic heterocycles. The van der Waals surface area contributed by atoms with Crippen molar-refractivity contribution in [3.05, 3.63) is 51.4 Å². The Labute approximate surface area is 173 Å². The summed E-state index contributed by atoms with van der Waals surface area (Å²) in [7, 11) is 2.90. The molecule has 0 saturated heterocycles. The van der Waals surface area contributed by atoms with Crippen LogP contribution in [0.3, 0.4) is 0 Å². The van der Waals surface area contributed by atoms with E-state index in [0.717, 1.165) is 29.7 Å². The molecule has 0 unspecified atom stereocenters. The standard InChI is InChI=1S/C22H22N2O4S/c1-13-4-9-17-18(10-13)29-21(19(17)22(26)28-3)24-20(25)15(12-23)11-14-5-7-16(27-2)8-6-14/h5-8,11,13H,4,9-10H2,1-3H3,(H,24,25)/b15-11+/t13-/m1/s1.